The Hall–Kier alpha value is -3.42. The number of benzene rings is 3. The first-order valence-corrected chi connectivity index (χ1v) is 29.4. The molecule has 5 aromatic rings. The number of hydrogen-bond donors (Lipinski definition) is 0. The van der Waals surface area contributed by atoms with Crippen molar-refractivity contribution in [3.8, 4) is 21.9 Å². The molecule has 368 valence electrons. The third-order valence-corrected chi connectivity index (χ3v) is 16.4. The van der Waals surface area contributed by atoms with Gasteiger partial charge in [-0.1, -0.05) is 219 Å². The summed E-state index contributed by atoms with van der Waals surface area (Å²) in [5, 5.41) is 6.71. The minimum absolute atomic E-state index is 0.151. The number of thiophene rings is 2. The average Bonchev–Trinajstić information content (AvgIpc) is 4.06. The number of carbonyl (C=O) groups is 2. The van der Waals surface area contributed by atoms with E-state index in [4.69, 9.17) is 9.47 Å². The van der Waals surface area contributed by atoms with Gasteiger partial charge in [0, 0.05) is 37.2 Å². The zero-order valence-electron chi connectivity index (χ0n) is 42.3. The Kier molecular flexibility index (Phi) is 23.9. The van der Waals surface area contributed by atoms with Gasteiger partial charge in [-0.2, -0.15) is 0 Å². The maximum Gasteiger partial charge on any atom is 0.262 e. The third-order valence-electron chi connectivity index (χ3n) is 14.2. The Morgan fingerprint density at radius 3 is 1.39 bits per heavy atom. The summed E-state index contributed by atoms with van der Waals surface area (Å²) >= 11 is 3.49. The minimum Gasteiger partial charge on any atom is -0.493 e. The van der Waals surface area contributed by atoms with Gasteiger partial charge in [0.05, 0.1) is 24.3 Å². The van der Waals surface area contributed by atoms with Crippen LogP contribution in [0.15, 0.2) is 47.8 Å². The molecule has 1 aliphatic heterocycles. The Morgan fingerprint density at radius 2 is 0.881 bits per heavy atom. The number of rotatable bonds is 38. The fourth-order valence-corrected chi connectivity index (χ4v) is 12.4. The van der Waals surface area contributed by atoms with Crippen molar-refractivity contribution in [3.05, 3.63) is 59.0 Å². The number of hydrogen-bond acceptors (Lipinski definition) is 6. The molecule has 0 bridgehead atoms. The molecule has 0 atom stereocenters. The van der Waals surface area contributed by atoms with Gasteiger partial charge < -0.3 is 9.47 Å². The van der Waals surface area contributed by atoms with Crippen LogP contribution >= 0.6 is 22.7 Å². The second kappa shape index (κ2) is 30.2. The highest BCUT2D eigenvalue weighted by Crippen LogP contribution is 2.50. The maximum atomic E-state index is 14.2. The highest BCUT2D eigenvalue weighted by atomic mass is 32.1. The van der Waals surface area contributed by atoms with E-state index in [1.165, 1.54) is 188 Å². The zero-order valence-corrected chi connectivity index (χ0v) is 43.9. The number of carbonyl (C=O) groups excluding carboxylic acids is 2. The number of ether oxygens (including phenoxy) is 2. The van der Waals surface area contributed by atoms with Gasteiger partial charge in [-0.25, -0.2) is 0 Å². The highest BCUT2D eigenvalue weighted by Gasteiger charge is 2.37. The molecule has 0 aliphatic carbocycles. The van der Waals surface area contributed by atoms with Crippen molar-refractivity contribution in [3.63, 3.8) is 0 Å². The topological polar surface area (TPSA) is 55.8 Å². The lowest BCUT2D eigenvalue weighted by Crippen LogP contribution is -2.30. The Morgan fingerprint density at radius 1 is 0.448 bits per heavy atom. The summed E-state index contributed by atoms with van der Waals surface area (Å²) in [6.07, 6.45) is 40.8. The van der Waals surface area contributed by atoms with Crippen LogP contribution < -0.4 is 9.47 Å². The van der Waals surface area contributed by atoms with E-state index < -0.39 is 0 Å². The van der Waals surface area contributed by atoms with Gasteiger partial charge >= 0.3 is 0 Å². The highest BCUT2D eigenvalue weighted by molar-refractivity contribution is 7.23. The normalized spacial score (nSPS) is 12.7. The summed E-state index contributed by atoms with van der Waals surface area (Å²) in [5.41, 5.74) is 1.93. The lowest BCUT2D eigenvalue weighted by Gasteiger charge is -2.15. The minimum atomic E-state index is -0.151. The molecule has 3 aromatic carbocycles. The number of unbranched alkanes of at least 4 members (excludes halogenated alkanes) is 29. The van der Waals surface area contributed by atoms with E-state index in [9.17, 15) is 9.59 Å². The summed E-state index contributed by atoms with van der Waals surface area (Å²) < 4.78 is 16.0. The molecule has 1 aliphatic rings. The van der Waals surface area contributed by atoms with Crippen molar-refractivity contribution in [2.24, 2.45) is 0 Å². The average molecular weight is 950 g/mol. The van der Waals surface area contributed by atoms with Gasteiger partial charge in [-0.15, -0.1) is 22.7 Å². The van der Waals surface area contributed by atoms with Crippen LogP contribution in [-0.2, 0) is 0 Å². The molecule has 0 saturated carbocycles. The van der Waals surface area contributed by atoms with Gasteiger partial charge in [0.25, 0.3) is 11.8 Å². The first-order chi connectivity index (χ1) is 33.1. The summed E-state index contributed by atoms with van der Waals surface area (Å²) in [6.45, 7) is 8.69. The van der Waals surface area contributed by atoms with E-state index in [2.05, 4.69) is 50.4 Å². The molecule has 0 saturated heterocycles. The number of fused-ring (bicyclic) bond motifs is 6. The van der Waals surface area contributed by atoms with Crippen LogP contribution in [-0.4, -0.2) is 36.5 Å². The molecule has 6 rings (SSSR count). The molecule has 2 aromatic heterocycles. The predicted molar refractivity (Wildman–Crippen MR) is 291 cm³/mol. The fraction of sp³-hybridized carbons (Fsp3) is 0.633. The van der Waals surface area contributed by atoms with E-state index in [0.717, 1.165) is 74.9 Å². The lowest BCUT2D eigenvalue weighted by molar-refractivity contribution is 0.0651. The van der Waals surface area contributed by atoms with Crippen molar-refractivity contribution in [2.75, 3.05) is 19.8 Å². The number of nitrogens with zero attached hydrogens (tertiary/aromatic N) is 1. The Balaban J connectivity index is 1.16. The molecule has 7 heteroatoms. The third kappa shape index (κ3) is 15.8. The van der Waals surface area contributed by atoms with E-state index in [1.54, 1.807) is 22.7 Å². The van der Waals surface area contributed by atoms with E-state index in [1.807, 2.05) is 18.2 Å². The summed E-state index contributed by atoms with van der Waals surface area (Å²) in [5.74, 6) is 1.53. The smallest absolute Gasteiger partial charge is 0.262 e. The van der Waals surface area contributed by atoms with Crippen molar-refractivity contribution in [1.29, 1.82) is 0 Å². The zero-order chi connectivity index (χ0) is 46.9. The quantitative estimate of drug-likeness (QED) is 0.0292. The van der Waals surface area contributed by atoms with Gasteiger partial charge in [-0.3, -0.25) is 14.5 Å². The molecular weight excluding hydrogens is 863 g/mol. The largest absolute Gasteiger partial charge is 0.493 e. The summed E-state index contributed by atoms with van der Waals surface area (Å²) in [6, 6.07) is 14.7. The SMILES string of the molecule is CCCCCCCCCCCCCCN1C(=O)c2cccc(-c3cc4cc(OCCCCCCCCCCCC)c5c6sccc6cc(OCCCCCCCCCCCC)c5c4s3)c2C1=O. The molecule has 3 heterocycles. The summed E-state index contributed by atoms with van der Waals surface area (Å²) in [7, 11) is 0. The second-order valence-corrected chi connectivity index (χ2v) is 21.8. The van der Waals surface area contributed by atoms with Crippen LogP contribution in [0.2, 0.25) is 0 Å². The van der Waals surface area contributed by atoms with Gasteiger partial charge in [0.2, 0.25) is 0 Å². The molecule has 67 heavy (non-hydrogen) atoms. The first kappa shape index (κ1) is 52.9. The van der Waals surface area contributed by atoms with Crippen LogP contribution in [0.3, 0.4) is 0 Å². The predicted octanol–water partition coefficient (Wildman–Crippen LogP) is 19.8. The standard InChI is InChI=1S/C60H87NO4S2/c1-4-7-10-13-16-19-22-23-24-27-30-33-40-61-59(62)50-38-36-37-49(54(50)60(61)63)53-46-48-45-52(65-42-35-32-29-26-21-18-15-12-9-6-3)55-56(58(48)67-53)51(44-47-39-43-66-57(47)55)64-41-34-31-28-25-20-17-14-11-8-5-2/h36-39,43-46H,4-35,40-42H2,1-3H3. The Labute approximate surface area is 414 Å². The molecule has 2 amide bonds. The maximum absolute atomic E-state index is 14.2. The van der Waals surface area contributed by atoms with Crippen molar-refractivity contribution in [1.82, 2.24) is 4.90 Å². The molecule has 0 fully saturated rings. The van der Waals surface area contributed by atoms with E-state index in [-0.39, 0.29) is 11.8 Å². The molecule has 0 unspecified atom stereocenters. The first-order valence-electron chi connectivity index (χ1n) is 27.7. The van der Waals surface area contributed by atoms with E-state index in [0.29, 0.717) is 30.9 Å². The van der Waals surface area contributed by atoms with Gasteiger partial charge in [0.1, 0.15) is 11.5 Å². The van der Waals surface area contributed by atoms with Crippen LogP contribution in [0, 0.1) is 0 Å². The van der Waals surface area contributed by atoms with Crippen molar-refractivity contribution in [2.45, 2.75) is 226 Å². The Bertz CT molecular complexity index is 2190. The van der Waals surface area contributed by atoms with Crippen LogP contribution in [0.25, 0.3) is 41.4 Å². The van der Waals surface area contributed by atoms with Crippen LogP contribution in [0.1, 0.15) is 247 Å². The van der Waals surface area contributed by atoms with E-state index >= 15 is 0 Å². The summed E-state index contributed by atoms with van der Waals surface area (Å²) in [4.78, 5) is 30.6. The molecule has 5 nitrogen and oxygen atoms in total. The monoisotopic (exact) mass is 950 g/mol. The van der Waals surface area contributed by atoms with Gasteiger partial charge in [-0.05, 0) is 65.7 Å². The second-order valence-electron chi connectivity index (χ2n) is 19.8. The number of imide groups is 1. The molecule has 0 spiro atoms. The molecule has 0 N–H and O–H groups in total. The lowest BCUT2D eigenvalue weighted by atomic mass is 10.0. The molecule has 0 radical (unpaired) electrons. The van der Waals surface area contributed by atoms with Crippen molar-refractivity contribution < 1.29 is 19.1 Å². The van der Waals surface area contributed by atoms with Crippen molar-refractivity contribution >= 4 is 65.4 Å². The van der Waals surface area contributed by atoms with Crippen LogP contribution in [0.4, 0.5) is 0 Å². The van der Waals surface area contributed by atoms with Crippen LogP contribution in [0.5, 0.6) is 11.5 Å². The fourth-order valence-electron chi connectivity index (χ4n) is 10.2. The number of amides is 2. The molecular formula is C60H87NO4S2. The van der Waals surface area contributed by atoms with Gasteiger partial charge in [0.15, 0.2) is 0 Å².